The molecule has 2 N–H and O–H groups in total. The van der Waals surface area contributed by atoms with Crippen LogP contribution in [-0.4, -0.2) is 44.3 Å². The van der Waals surface area contributed by atoms with Crippen molar-refractivity contribution in [1.82, 2.24) is 15.3 Å². The van der Waals surface area contributed by atoms with E-state index in [1.165, 1.54) is 7.11 Å². The van der Waals surface area contributed by atoms with Crippen molar-refractivity contribution in [2.75, 3.05) is 33.7 Å². The van der Waals surface area contributed by atoms with Gasteiger partial charge in [-0.1, -0.05) is 6.07 Å². The van der Waals surface area contributed by atoms with Gasteiger partial charge in [-0.3, -0.25) is 4.79 Å². The summed E-state index contributed by atoms with van der Waals surface area (Å²) in [4.78, 5) is 21.0. The summed E-state index contributed by atoms with van der Waals surface area (Å²) >= 11 is 3.40. The SMILES string of the molecule is CNC(=O)c1cccc(OC)c1Oc1nc(Nc2cc(C)c(OC)c(OC)c2)ncc1Br. The van der Waals surface area contributed by atoms with Crippen molar-refractivity contribution < 1.29 is 23.7 Å². The second kappa shape index (κ2) is 10.2. The first-order valence-corrected chi connectivity index (χ1v) is 10.3. The van der Waals surface area contributed by atoms with Crippen LogP contribution in [0.15, 0.2) is 41.0 Å². The molecular weight excluding hydrogens is 480 g/mol. The number of nitrogens with one attached hydrogen (secondary N) is 2. The fourth-order valence-electron chi connectivity index (χ4n) is 3.03. The normalized spacial score (nSPS) is 10.3. The van der Waals surface area contributed by atoms with Crippen LogP contribution in [-0.2, 0) is 0 Å². The number of benzene rings is 2. The van der Waals surface area contributed by atoms with Crippen LogP contribution in [0.3, 0.4) is 0 Å². The summed E-state index contributed by atoms with van der Waals surface area (Å²) in [5.41, 5.74) is 1.89. The van der Waals surface area contributed by atoms with Gasteiger partial charge in [0.25, 0.3) is 5.91 Å². The van der Waals surface area contributed by atoms with Gasteiger partial charge in [0, 0.05) is 18.8 Å². The Morgan fingerprint density at radius 1 is 1.03 bits per heavy atom. The van der Waals surface area contributed by atoms with Gasteiger partial charge in [-0.25, -0.2) is 4.98 Å². The lowest BCUT2D eigenvalue weighted by Gasteiger charge is -2.16. The Morgan fingerprint density at radius 3 is 2.44 bits per heavy atom. The monoisotopic (exact) mass is 502 g/mol. The van der Waals surface area contributed by atoms with E-state index in [1.807, 2.05) is 13.0 Å². The van der Waals surface area contributed by atoms with Crippen molar-refractivity contribution in [2.45, 2.75) is 6.92 Å². The first-order chi connectivity index (χ1) is 15.4. The molecule has 10 heteroatoms. The number of hydrogen-bond acceptors (Lipinski definition) is 8. The van der Waals surface area contributed by atoms with E-state index in [-0.39, 0.29) is 23.5 Å². The van der Waals surface area contributed by atoms with Crippen LogP contribution in [0.4, 0.5) is 11.6 Å². The number of nitrogens with zero attached hydrogens (tertiary/aromatic N) is 2. The third kappa shape index (κ3) is 4.86. The van der Waals surface area contributed by atoms with Crippen LogP contribution in [0.25, 0.3) is 0 Å². The summed E-state index contributed by atoms with van der Waals surface area (Å²) in [5, 5.41) is 5.72. The van der Waals surface area contributed by atoms with Crippen LogP contribution in [0, 0.1) is 6.92 Å². The number of ether oxygens (including phenoxy) is 4. The van der Waals surface area contributed by atoms with Gasteiger partial charge in [0.1, 0.15) is 0 Å². The number of carbonyl (C=O) groups is 1. The molecule has 3 rings (SSSR count). The molecule has 0 aliphatic heterocycles. The van der Waals surface area contributed by atoms with E-state index in [9.17, 15) is 4.79 Å². The molecule has 0 saturated heterocycles. The minimum atomic E-state index is -0.316. The summed E-state index contributed by atoms with van der Waals surface area (Å²) in [5.74, 6) is 2.02. The predicted octanol–water partition coefficient (Wildman–Crippen LogP) is 4.47. The quantitative estimate of drug-likeness (QED) is 0.464. The van der Waals surface area contributed by atoms with Crippen LogP contribution < -0.4 is 29.6 Å². The summed E-state index contributed by atoms with van der Waals surface area (Å²) in [6.45, 7) is 1.91. The molecule has 1 amide bonds. The van der Waals surface area contributed by atoms with Crippen molar-refractivity contribution in [3.63, 3.8) is 0 Å². The van der Waals surface area contributed by atoms with Crippen LogP contribution in [0.5, 0.6) is 28.9 Å². The summed E-state index contributed by atoms with van der Waals surface area (Å²) in [6.07, 6.45) is 1.55. The largest absolute Gasteiger partial charge is 0.493 e. The van der Waals surface area contributed by atoms with E-state index in [0.29, 0.717) is 33.0 Å². The molecule has 0 radical (unpaired) electrons. The molecule has 2 aromatic carbocycles. The Kier molecular flexibility index (Phi) is 7.37. The lowest BCUT2D eigenvalue weighted by atomic mass is 10.1. The molecule has 9 nitrogen and oxygen atoms in total. The van der Waals surface area contributed by atoms with Crippen LogP contribution in [0.2, 0.25) is 0 Å². The molecule has 1 aromatic heterocycles. The number of para-hydroxylation sites is 1. The van der Waals surface area contributed by atoms with E-state index in [2.05, 4.69) is 36.5 Å². The highest BCUT2D eigenvalue weighted by Crippen LogP contribution is 2.38. The number of halogens is 1. The first-order valence-electron chi connectivity index (χ1n) is 9.50. The maximum Gasteiger partial charge on any atom is 0.254 e. The number of aromatic nitrogens is 2. The molecule has 0 unspecified atom stereocenters. The summed E-state index contributed by atoms with van der Waals surface area (Å²) < 4.78 is 22.7. The highest BCUT2D eigenvalue weighted by Gasteiger charge is 2.19. The second-order valence-corrected chi connectivity index (χ2v) is 7.37. The van der Waals surface area contributed by atoms with Gasteiger partial charge in [-0.2, -0.15) is 4.98 Å². The Morgan fingerprint density at radius 2 is 1.78 bits per heavy atom. The number of amides is 1. The average Bonchev–Trinajstić information content (AvgIpc) is 2.80. The Bertz CT molecular complexity index is 1140. The van der Waals surface area contributed by atoms with E-state index in [4.69, 9.17) is 18.9 Å². The minimum Gasteiger partial charge on any atom is -0.493 e. The minimum absolute atomic E-state index is 0.203. The average molecular weight is 503 g/mol. The number of anilines is 2. The van der Waals surface area contributed by atoms with Crippen LogP contribution >= 0.6 is 15.9 Å². The molecule has 0 aliphatic rings. The number of rotatable bonds is 8. The zero-order valence-electron chi connectivity index (χ0n) is 18.3. The van der Waals surface area contributed by atoms with E-state index in [1.54, 1.807) is 51.7 Å². The first kappa shape index (κ1) is 23.1. The Labute approximate surface area is 194 Å². The van der Waals surface area contributed by atoms with Crippen molar-refractivity contribution in [2.24, 2.45) is 0 Å². The zero-order chi connectivity index (χ0) is 23.3. The van der Waals surface area contributed by atoms with Gasteiger partial charge >= 0.3 is 0 Å². The van der Waals surface area contributed by atoms with Crippen molar-refractivity contribution >= 4 is 33.5 Å². The van der Waals surface area contributed by atoms with E-state index in [0.717, 1.165) is 5.56 Å². The Balaban J connectivity index is 1.96. The van der Waals surface area contributed by atoms with Crippen molar-refractivity contribution in [3.05, 3.63) is 52.1 Å². The third-order valence-electron chi connectivity index (χ3n) is 4.50. The van der Waals surface area contributed by atoms with Gasteiger partial charge < -0.3 is 29.6 Å². The molecular formula is C22H23BrN4O5. The fourth-order valence-corrected chi connectivity index (χ4v) is 3.30. The van der Waals surface area contributed by atoms with Gasteiger partial charge in [-0.15, -0.1) is 0 Å². The molecule has 0 fully saturated rings. The highest BCUT2D eigenvalue weighted by atomic mass is 79.9. The fraction of sp³-hybridized carbons (Fsp3) is 0.227. The van der Waals surface area contributed by atoms with Gasteiger partial charge in [0.15, 0.2) is 23.0 Å². The van der Waals surface area contributed by atoms with Gasteiger partial charge in [0.2, 0.25) is 11.8 Å². The highest BCUT2D eigenvalue weighted by molar-refractivity contribution is 9.10. The third-order valence-corrected chi connectivity index (χ3v) is 5.05. The zero-order valence-corrected chi connectivity index (χ0v) is 19.9. The maximum atomic E-state index is 12.3. The lowest BCUT2D eigenvalue weighted by Crippen LogP contribution is -2.18. The standard InChI is InChI=1S/C22H23BrN4O5/c1-12-9-13(10-17(30-4)18(12)31-5)26-22-25-11-15(23)21(27-22)32-19-14(20(28)24-2)7-6-8-16(19)29-3/h6-11H,1-5H3,(H,24,28)(H,25,26,27). The maximum absolute atomic E-state index is 12.3. The lowest BCUT2D eigenvalue weighted by molar-refractivity contribution is 0.0960. The number of aryl methyl sites for hydroxylation is 1. The molecule has 32 heavy (non-hydrogen) atoms. The predicted molar refractivity (Wildman–Crippen MR) is 124 cm³/mol. The molecule has 0 atom stereocenters. The molecule has 0 aliphatic carbocycles. The topological polar surface area (TPSA) is 104 Å². The smallest absolute Gasteiger partial charge is 0.254 e. The Hall–Kier alpha value is -3.53. The summed E-state index contributed by atoms with van der Waals surface area (Å²) in [6, 6.07) is 8.70. The molecule has 0 bridgehead atoms. The molecule has 1 heterocycles. The molecule has 168 valence electrons. The van der Waals surface area contributed by atoms with Gasteiger partial charge in [-0.05, 0) is 46.6 Å². The van der Waals surface area contributed by atoms with E-state index >= 15 is 0 Å². The van der Waals surface area contributed by atoms with Crippen molar-refractivity contribution in [3.8, 4) is 28.9 Å². The van der Waals surface area contributed by atoms with Crippen LogP contribution in [0.1, 0.15) is 15.9 Å². The van der Waals surface area contributed by atoms with Crippen molar-refractivity contribution in [1.29, 1.82) is 0 Å². The number of carbonyl (C=O) groups excluding carboxylic acids is 1. The number of methoxy groups -OCH3 is 3. The number of hydrogen-bond donors (Lipinski definition) is 2. The second-order valence-electron chi connectivity index (χ2n) is 6.52. The summed E-state index contributed by atoms with van der Waals surface area (Å²) in [7, 11) is 6.20. The van der Waals surface area contributed by atoms with E-state index < -0.39 is 0 Å². The van der Waals surface area contributed by atoms with Gasteiger partial charge in [0.05, 0.1) is 37.6 Å². The molecule has 3 aromatic rings. The molecule has 0 spiro atoms. The molecule has 0 saturated carbocycles.